The second kappa shape index (κ2) is 6.12. The summed E-state index contributed by atoms with van der Waals surface area (Å²) in [4.78, 5) is 7.75. The Bertz CT molecular complexity index is 331. The lowest BCUT2D eigenvalue weighted by molar-refractivity contribution is 0.0542. The van der Waals surface area contributed by atoms with Gasteiger partial charge in [-0.25, -0.2) is 0 Å². The molecule has 0 saturated carbocycles. The summed E-state index contributed by atoms with van der Waals surface area (Å²) < 4.78 is 15.6. The summed E-state index contributed by atoms with van der Waals surface area (Å²) in [5.41, 5.74) is 5.47. The van der Waals surface area contributed by atoms with Gasteiger partial charge in [-0.05, 0) is 13.8 Å². The molecule has 2 N–H and O–H groups in total. The van der Waals surface area contributed by atoms with Gasteiger partial charge in [-0.1, -0.05) is 0 Å². The minimum absolute atomic E-state index is 0.124. The lowest BCUT2D eigenvalue weighted by atomic mass is 10.5. The van der Waals surface area contributed by atoms with Gasteiger partial charge in [-0.15, -0.1) is 0 Å². The van der Waals surface area contributed by atoms with Gasteiger partial charge in [-0.2, -0.15) is 9.97 Å². The van der Waals surface area contributed by atoms with Crippen LogP contribution in [0.4, 0.5) is 5.95 Å². The fourth-order valence-corrected chi connectivity index (χ4v) is 1.03. The van der Waals surface area contributed by atoms with Gasteiger partial charge in [0.2, 0.25) is 17.7 Å². The Morgan fingerprint density at radius 1 is 1.25 bits per heavy atom. The van der Waals surface area contributed by atoms with Crippen LogP contribution in [0.15, 0.2) is 6.07 Å². The van der Waals surface area contributed by atoms with E-state index < -0.39 is 0 Å². The van der Waals surface area contributed by atoms with E-state index in [4.69, 9.17) is 19.9 Å². The van der Waals surface area contributed by atoms with E-state index in [9.17, 15) is 0 Å². The van der Waals surface area contributed by atoms with Crippen molar-refractivity contribution in [2.75, 3.05) is 26.1 Å². The molecule has 0 unspecified atom stereocenters. The highest BCUT2D eigenvalue weighted by Gasteiger charge is 2.03. The van der Waals surface area contributed by atoms with Crippen molar-refractivity contribution in [1.29, 1.82) is 0 Å². The molecule has 1 rings (SSSR count). The van der Waals surface area contributed by atoms with Crippen LogP contribution < -0.4 is 15.2 Å². The maximum absolute atomic E-state index is 5.47. The van der Waals surface area contributed by atoms with E-state index in [1.54, 1.807) is 6.07 Å². The zero-order valence-electron chi connectivity index (χ0n) is 9.77. The molecule has 90 valence electrons. The van der Waals surface area contributed by atoms with Crippen molar-refractivity contribution in [3.8, 4) is 11.8 Å². The van der Waals surface area contributed by atoms with E-state index in [1.807, 2.05) is 13.8 Å². The Morgan fingerprint density at radius 3 is 2.56 bits per heavy atom. The van der Waals surface area contributed by atoms with Crippen molar-refractivity contribution in [3.05, 3.63) is 6.07 Å². The van der Waals surface area contributed by atoms with Crippen LogP contribution in [-0.2, 0) is 4.74 Å². The summed E-state index contributed by atoms with van der Waals surface area (Å²) in [5.74, 6) is 0.892. The third-order valence-corrected chi connectivity index (χ3v) is 1.69. The van der Waals surface area contributed by atoms with Gasteiger partial charge in [0.1, 0.15) is 6.61 Å². The molecular weight excluding hydrogens is 210 g/mol. The lowest BCUT2D eigenvalue weighted by Crippen LogP contribution is -2.12. The zero-order chi connectivity index (χ0) is 12.0. The molecule has 1 aromatic rings. The first-order chi connectivity index (χ1) is 7.61. The monoisotopic (exact) mass is 227 g/mol. The Balaban J connectivity index is 2.44. The predicted octanol–water partition coefficient (Wildman–Crippen LogP) is 0.871. The topological polar surface area (TPSA) is 79.5 Å². The van der Waals surface area contributed by atoms with E-state index in [1.165, 1.54) is 7.11 Å². The average Bonchev–Trinajstić information content (AvgIpc) is 2.23. The fourth-order valence-electron chi connectivity index (χ4n) is 1.03. The molecule has 16 heavy (non-hydrogen) atoms. The molecule has 0 fully saturated rings. The summed E-state index contributed by atoms with van der Waals surface area (Å²) >= 11 is 0. The van der Waals surface area contributed by atoms with Crippen LogP contribution >= 0.6 is 0 Å². The van der Waals surface area contributed by atoms with E-state index in [0.29, 0.717) is 25.0 Å². The number of nitrogen functional groups attached to an aromatic ring is 1. The predicted molar refractivity (Wildman–Crippen MR) is 59.6 cm³/mol. The lowest BCUT2D eigenvalue weighted by Gasteiger charge is -2.09. The maximum Gasteiger partial charge on any atom is 0.226 e. The van der Waals surface area contributed by atoms with Crippen LogP contribution in [0.1, 0.15) is 13.8 Å². The molecule has 0 spiro atoms. The van der Waals surface area contributed by atoms with Crippen molar-refractivity contribution < 1.29 is 14.2 Å². The van der Waals surface area contributed by atoms with Crippen molar-refractivity contribution in [2.45, 2.75) is 20.0 Å². The minimum Gasteiger partial charge on any atom is -0.481 e. The molecule has 0 amide bonds. The minimum atomic E-state index is 0.124. The first-order valence-electron chi connectivity index (χ1n) is 5.04. The van der Waals surface area contributed by atoms with Crippen LogP contribution in [0.5, 0.6) is 11.8 Å². The number of nitrogens with two attached hydrogens (primary N) is 1. The highest BCUT2D eigenvalue weighted by molar-refractivity contribution is 5.29. The molecule has 0 bridgehead atoms. The fraction of sp³-hybridized carbons (Fsp3) is 0.600. The Morgan fingerprint density at radius 2 is 1.94 bits per heavy atom. The maximum atomic E-state index is 5.47. The second-order valence-corrected chi connectivity index (χ2v) is 3.37. The quantitative estimate of drug-likeness (QED) is 0.726. The highest BCUT2D eigenvalue weighted by atomic mass is 16.5. The smallest absolute Gasteiger partial charge is 0.226 e. The Kier molecular flexibility index (Phi) is 4.78. The van der Waals surface area contributed by atoms with Gasteiger partial charge in [0.05, 0.1) is 25.9 Å². The molecular formula is C10H17N3O3. The molecule has 6 heteroatoms. The first kappa shape index (κ1) is 12.5. The summed E-state index contributed by atoms with van der Waals surface area (Å²) in [7, 11) is 1.51. The third kappa shape index (κ3) is 4.31. The Hall–Kier alpha value is -1.56. The summed E-state index contributed by atoms with van der Waals surface area (Å²) in [6.45, 7) is 4.85. The van der Waals surface area contributed by atoms with E-state index >= 15 is 0 Å². The van der Waals surface area contributed by atoms with Gasteiger partial charge in [0.25, 0.3) is 0 Å². The van der Waals surface area contributed by atoms with Crippen LogP contribution in [0.3, 0.4) is 0 Å². The van der Waals surface area contributed by atoms with Crippen LogP contribution in [-0.4, -0.2) is 36.4 Å². The van der Waals surface area contributed by atoms with Crippen LogP contribution in [0.25, 0.3) is 0 Å². The molecule has 0 aliphatic heterocycles. The van der Waals surface area contributed by atoms with Gasteiger partial charge >= 0.3 is 0 Å². The summed E-state index contributed by atoms with van der Waals surface area (Å²) in [5, 5.41) is 0. The van der Waals surface area contributed by atoms with Crippen molar-refractivity contribution in [1.82, 2.24) is 9.97 Å². The molecule has 1 aromatic heterocycles. The Labute approximate surface area is 94.7 Å². The number of rotatable bonds is 6. The van der Waals surface area contributed by atoms with Gasteiger partial charge < -0.3 is 19.9 Å². The van der Waals surface area contributed by atoms with Gasteiger partial charge in [-0.3, -0.25) is 0 Å². The van der Waals surface area contributed by atoms with E-state index in [0.717, 1.165) is 0 Å². The molecule has 0 aliphatic rings. The average molecular weight is 227 g/mol. The van der Waals surface area contributed by atoms with E-state index in [2.05, 4.69) is 9.97 Å². The molecule has 0 aromatic carbocycles. The highest BCUT2D eigenvalue weighted by Crippen LogP contribution is 2.15. The third-order valence-electron chi connectivity index (χ3n) is 1.69. The normalized spacial score (nSPS) is 10.5. The number of methoxy groups -OCH3 is 1. The largest absolute Gasteiger partial charge is 0.481 e. The SMILES string of the molecule is COc1cc(OCCOC(C)C)nc(N)n1. The van der Waals surface area contributed by atoms with Crippen molar-refractivity contribution in [3.63, 3.8) is 0 Å². The number of hydrogen-bond acceptors (Lipinski definition) is 6. The van der Waals surface area contributed by atoms with E-state index in [-0.39, 0.29) is 12.1 Å². The summed E-state index contributed by atoms with van der Waals surface area (Å²) in [6, 6.07) is 1.58. The van der Waals surface area contributed by atoms with Crippen molar-refractivity contribution >= 4 is 5.95 Å². The molecule has 0 aliphatic carbocycles. The molecule has 0 radical (unpaired) electrons. The number of anilines is 1. The number of aromatic nitrogens is 2. The standard InChI is InChI=1S/C10H17N3O3/c1-7(2)15-4-5-16-9-6-8(14-3)12-10(11)13-9/h6-7H,4-5H2,1-3H3,(H2,11,12,13). The van der Waals surface area contributed by atoms with Gasteiger partial charge in [0, 0.05) is 0 Å². The molecule has 1 heterocycles. The van der Waals surface area contributed by atoms with Crippen molar-refractivity contribution in [2.24, 2.45) is 0 Å². The van der Waals surface area contributed by atoms with Crippen LogP contribution in [0.2, 0.25) is 0 Å². The number of hydrogen-bond donors (Lipinski definition) is 1. The van der Waals surface area contributed by atoms with Crippen LogP contribution in [0, 0.1) is 0 Å². The molecule has 0 saturated heterocycles. The summed E-state index contributed by atoms with van der Waals surface area (Å²) in [6.07, 6.45) is 0.189. The molecule has 0 atom stereocenters. The zero-order valence-corrected chi connectivity index (χ0v) is 9.77. The molecule has 6 nitrogen and oxygen atoms in total. The number of nitrogens with zero attached hydrogens (tertiary/aromatic N) is 2. The first-order valence-corrected chi connectivity index (χ1v) is 5.04. The second-order valence-electron chi connectivity index (χ2n) is 3.37. The number of ether oxygens (including phenoxy) is 3. The van der Waals surface area contributed by atoms with Gasteiger partial charge in [0.15, 0.2) is 0 Å².